The number of nitrogens with zero attached hydrogens (tertiary/aromatic N) is 1. The number of hydrogen-bond acceptors (Lipinski definition) is 4. The first-order valence-electron chi connectivity index (χ1n) is 4.89. The van der Waals surface area contributed by atoms with E-state index >= 15 is 0 Å². The summed E-state index contributed by atoms with van der Waals surface area (Å²) >= 11 is 3.14. The predicted octanol–water partition coefficient (Wildman–Crippen LogP) is 3.43. The Balaban J connectivity index is 3.19. The summed E-state index contributed by atoms with van der Waals surface area (Å²) in [6.07, 6.45) is 0. The number of methoxy groups -OCH3 is 1. The molecule has 0 saturated heterocycles. The second-order valence-electron chi connectivity index (χ2n) is 3.66. The number of anilines is 1. The van der Waals surface area contributed by atoms with E-state index in [9.17, 15) is 18.9 Å². The third-order valence-corrected chi connectivity index (χ3v) is 2.69. The molecule has 0 saturated carbocycles. The van der Waals surface area contributed by atoms with E-state index in [1.807, 2.05) is 0 Å². The van der Waals surface area contributed by atoms with Crippen LogP contribution in [0.3, 0.4) is 0 Å². The van der Waals surface area contributed by atoms with E-state index in [0.717, 1.165) is 6.92 Å². The van der Waals surface area contributed by atoms with Crippen molar-refractivity contribution in [3.05, 3.63) is 26.7 Å². The van der Waals surface area contributed by atoms with Gasteiger partial charge >= 0.3 is 0 Å². The van der Waals surface area contributed by atoms with Gasteiger partial charge in [0.25, 0.3) is 11.6 Å². The van der Waals surface area contributed by atoms with Crippen LogP contribution in [0.25, 0.3) is 0 Å². The second-order valence-corrected chi connectivity index (χ2v) is 4.51. The van der Waals surface area contributed by atoms with E-state index in [0.29, 0.717) is 4.47 Å². The van der Waals surface area contributed by atoms with Crippen LogP contribution in [-0.4, -0.2) is 24.5 Å². The van der Waals surface area contributed by atoms with Crippen molar-refractivity contribution in [3.63, 3.8) is 0 Å². The van der Waals surface area contributed by atoms with E-state index in [1.165, 1.54) is 19.2 Å². The molecule has 0 aliphatic rings. The third-order valence-electron chi connectivity index (χ3n) is 2.06. The summed E-state index contributed by atoms with van der Waals surface area (Å²) in [6.45, 7) is -0.00303. The molecule has 1 aromatic rings. The zero-order chi connectivity index (χ0) is 13.9. The molecular formula is C10H11BrF2N2O3. The highest BCUT2D eigenvalue weighted by molar-refractivity contribution is 9.10. The van der Waals surface area contributed by atoms with Crippen LogP contribution in [-0.2, 0) is 0 Å². The molecule has 18 heavy (non-hydrogen) atoms. The second kappa shape index (κ2) is 5.47. The van der Waals surface area contributed by atoms with E-state index in [-0.39, 0.29) is 17.1 Å². The maximum Gasteiger partial charge on any atom is 0.296 e. The first-order chi connectivity index (χ1) is 8.26. The van der Waals surface area contributed by atoms with Crippen LogP contribution in [0.15, 0.2) is 16.6 Å². The number of alkyl halides is 2. The molecule has 0 fully saturated rings. The van der Waals surface area contributed by atoms with Crippen molar-refractivity contribution < 1.29 is 18.4 Å². The lowest BCUT2D eigenvalue weighted by molar-refractivity contribution is -0.384. The van der Waals surface area contributed by atoms with Gasteiger partial charge in [-0.1, -0.05) is 0 Å². The molecule has 1 rings (SSSR count). The molecule has 5 nitrogen and oxygen atoms in total. The molecule has 0 amide bonds. The van der Waals surface area contributed by atoms with Crippen molar-refractivity contribution >= 4 is 27.3 Å². The van der Waals surface area contributed by atoms with Crippen LogP contribution in [0, 0.1) is 10.1 Å². The summed E-state index contributed by atoms with van der Waals surface area (Å²) in [5, 5.41) is 13.2. The van der Waals surface area contributed by atoms with Gasteiger partial charge in [0, 0.05) is 13.0 Å². The van der Waals surface area contributed by atoms with Crippen LogP contribution >= 0.6 is 15.9 Å². The normalized spacial score (nSPS) is 11.2. The maximum atomic E-state index is 12.8. The molecule has 0 unspecified atom stereocenters. The number of ether oxygens (including phenoxy) is 1. The topological polar surface area (TPSA) is 64.4 Å². The number of hydrogen-bond donors (Lipinski definition) is 1. The van der Waals surface area contributed by atoms with Crippen LogP contribution in [0.1, 0.15) is 6.92 Å². The number of halogens is 3. The monoisotopic (exact) mass is 324 g/mol. The van der Waals surface area contributed by atoms with Crippen molar-refractivity contribution in [1.82, 2.24) is 0 Å². The SMILES string of the molecule is COc1c(Br)ccc([N+](=O)[O-])c1NCC(C)(F)F. The molecule has 0 aromatic heterocycles. The zero-order valence-corrected chi connectivity index (χ0v) is 11.3. The summed E-state index contributed by atoms with van der Waals surface area (Å²) < 4.78 is 31.0. The number of benzene rings is 1. The van der Waals surface area contributed by atoms with Gasteiger partial charge in [0.2, 0.25) is 0 Å². The highest BCUT2D eigenvalue weighted by atomic mass is 79.9. The summed E-state index contributed by atoms with van der Waals surface area (Å²) in [4.78, 5) is 10.2. The number of nitro groups is 1. The zero-order valence-electron chi connectivity index (χ0n) is 9.67. The number of rotatable bonds is 5. The lowest BCUT2D eigenvalue weighted by atomic mass is 10.2. The summed E-state index contributed by atoms with van der Waals surface area (Å²) in [7, 11) is 1.30. The molecular weight excluding hydrogens is 314 g/mol. The Morgan fingerprint density at radius 2 is 2.17 bits per heavy atom. The Morgan fingerprint density at radius 3 is 2.61 bits per heavy atom. The standard InChI is InChI=1S/C10H11BrF2N2O3/c1-10(12,13)5-14-8-7(15(16)17)4-3-6(11)9(8)18-2/h3-4,14H,5H2,1-2H3. The highest BCUT2D eigenvalue weighted by Gasteiger charge is 2.26. The molecule has 1 aromatic carbocycles. The fourth-order valence-corrected chi connectivity index (χ4v) is 1.81. The van der Waals surface area contributed by atoms with Gasteiger partial charge in [0.15, 0.2) is 11.4 Å². The lowest BCUT2D eigenvalue weighted by Crippen LogP contribution is -2.23. The Labute approximate surface area is 110 Å². The molecule has 0 aliphatic heterocycles. The minimum atomic E-state index is -2.98. The van der Waals surface area contributed by atoms with Gasteiger partial charge in [-0.2, -0.15) is 0 Å². The smallest absolute Gasteiger partial charge is 0.296 e. The molecule has 0 atom stereocenters. The third kappa shape index (κ3) is 3.52. The summed E-state index contributed by atoms with van der Waals surface area (Å²) in [5.74, 6) is -2.87. The van der Waals surface area contributed by atoms with E-state index in [2.05, 4.69) is 21.2 Å². The quantitative estimate of drug-likeness (QED) is 0.665. The van der Waals surface area contributed by atoms with Gasteiger partial charge in [-0.15, -0.1) is 0 Å². The van der Waals surface area contributed by atoms with Crippen molar-refractivity contribution in [2.24, 2.45) is 0 Å². The maximum absolute atomic E-state index is 12.8. The average Bonchev–Trinajstić information content (AvgIpc) is 2.24. The van der Waals surface area contributed by atoms with Gasteiger partial charge in [-0.3, -0.25) is 10.1 Å². The predicted molar refractivity (Wildman–Crippen MR) is 66.5 cm³/mol. The molecule has 100 valence electrons. The first kappa shape index (κ1) is 14.6. The molecule has 8 heteroatoms. The number of nitro benzene ring substituents is 1. The van der Waals surface area contributed by atoms with Gasteiger partial charge < -0.3 is 10.1 Å². The fourth-order valence-electron chi connectivity index (χ4n) is 1.31. The van der Waals surface area contributed by atoms with Crippen molar-refractivity contribution in [2.75, 3.05) is 19.0 Å². The highest BCUT2D eigenvalue weighted by Crippen LogP contribution is 2.40. The summed E-state index contributed by atoms with van der Waals surface area (Å²) in [5.41, 5.74) is -0.391. The van der Waals surface area contributed by atoms with Crippen molar-refractivity contribution in [2.45, 2.75) is 12.8 Å². The largest absolute Gasteiger partial charge is 0.493 e. The van der Waals surface area contributed by atoms with E-state index < -0.39 is 17.4 Å². The van der Waals surface area contributed by atoms with Crippen LogP contribution < -0.4 is 10.1 Å². The molecule has 0 radical (unpaired) electrons. The molecule has 1 N–H and O–H groups in total. The Kier molecular flexibility index (Phi) is 4.44. The van der Waals surface area contributed by atoms with Crippen molar-refractivity contribution in [3.8, 4) is 5.75 Å². The van der Waals surface area contributed by atoms with Crippen LogP contribution in [0.5, 0.6) is 5.75 Å². The molecule has 0 heterocycles. The van der Waals surface area contributed by atoms with Gasteiger partial charge in [-0.05, 0) is 22.0 Å². The fraction of sp³-hybridized carbons (Fsp3) is 0.400. The Hall–Kier alpha value is -1.44. The Bertz CT molecular complexity index is 463. The molecule has 0 aliphatic carbocycles. The van der Waals surface area contributed by atoms with Crippen molar-refractivity contribution in [1.29, 1.82) is 0 Å². The van der Waals surface area contributed by atoms with E-state index in [1.54, 1.807) is 0 Å². The van der Waals surface area contributed by atoms with Crippen LogP contribution in [0.2, 0.25) is 0 Å². The van der Waals surface area contributed by atoms with Gasteiger partial charge in [-0.25, -0.2) is 8.78 Å². The lowest BCUT2D eigenvalue weighted by Gasteiger charge is -2.15. The van der Waals surface area contributed by atoms with E-state index in [4.69, 9.17) is 4.74 Å². The molecule has 0 bridgehead atoms. The minimum Gasteiger partial charge on any atom is -0.493 e. The minimum absolute atomic E-state index is 0.0709. The number of nitrogens with one attached hydrogen (secondary N) is 1. The molecule has 0 spiro atoms. The van der Waals surface area contributed by atoms with Gasteiger partial charge in [0.05, 0.1) is 23.1 Å². The first-order valence-corrected chi connectivity index (χ1v) is 5.68. The summed E-state index contributed by atoms with van der Waals surface area (Å²) in [6, 6.07) is 2.63. The van der Waals surface area contributed by atoms with Crippen LogP contribution in [0.4, 0.5) is 20.2 Å². The average molecular weight is 325 g/mol. The Morgan fingerprint density at radius 1 is 1.56 bits per heavy atom. The van der Waals surface area contributed by atoms with Gasteiger partial charge in [0.1, 0.15) is 0 Å².